The number of hydrogen-bond acceptors (Lipinski definition) is 3. The second-order valence-electron chi connectivity index (χ2n) is 5.83. The van der Waals surface area contributed by atoms with Gasteiger partial charge in [0.2, 0.25) is 0 Å². The van der Waals surface area contributed by atoms with Gasteiger partial charge in [-0.3, -0.25) is 0 Å². The molecule has 1 heterocycles. The van der Waals surface area contributed by atoms with Crippen molar-refractivity contribution in [1.82, 2.24) is 0 Å². The van der Waals surface area contributed by atoms with Crippen molar-refractivity contribution in [3.63, 3.8) is 0 Å². The summed E-state index contributed by atoms with van der Waals surface area (Å²) in [5, 5.41) is 19.8. The molecule has 2 aromatic carbocycles. The SMILES string of the molecule is Cc1c(O)ccc2c1OC(C)(C)c1c-2ccc(O)c1C. The fourth-order valence-corrected chi connectivity index (χ4v) is 3.03. The zero-order valence-corrected chi connectivity index (χ0v) is 12.1. The molecule has 0 saturated carbocycles. The Morgan fingerprint density at radius 1 is 0.850 bits per heavy atom. The minimum absolute atomic E-state index is 0.235. The molecule has 3 heteroatoms. The number of hydrogen-bond donors (Lipinski definition) is 2. The molecule has 3 rings (SSSR count). The number of phenolic OH excluding ortho intramolecular Hbond substituents is 2. The first-order valence-corrected chi connectivity index (χ1v) is 6.68. The molecule has 1 aliphatic heterocycles. The second-order valence-corrected chi connectivity index (χ2v) is 5.83. The molecule has 0 amide bonds. The Labute approximate surface area is 118 Å². The Morgan fingerprint density at radius 2 is 1.40 bits per heavy atom. The van der Waals surface area contributed by atoms with Gasteiger partial charge in [0.1, 0.15) is 22.8 Å². The summed E-state index contributed by atoms with van der Waals surface area (Å²) in [4.78, 5) is 0. The van der Waals surface area contributed by atoms with E-state index in [0.29, 0.717) is 5.75 Å². The van der Waals surface area contributed by atoms with Gasteiger partial charge in [-0.15, -0.1) is 0 Å². The molecule has 104 valence electrons. The number of fused-ring (bicyclic) bond motifs is 3. The van der Waals surface area contributed by atoms with Gasteiger partial charge >= 0.3 is 0 Å². The number of rotatable bonds is 0. The van der Waals surface area contributed by atoms with Crippen molar-refractivity contribution >= 4 is 0 Å². The van der Waals surface area contributed by atoms with Crippen LogP contribution >= 0.6 is 0 Å². The average Bonchev–Trinajstić information content (AvgIpc) is 2.38. The van der Waals surface area contributed by atoms with E-state index in [9.17, 15) is 10.2 Å². The van der Waals surface area contributed by atoms with E-state index in [1.165, 1.54) is 0 Å². The molecule has 2 aromatic rings. The fraction of sp³-hybridized carbons (Fsp3) is 0.294. The molecule has 0 fully saturated rings. The van der Waals surface area contributed by atoms with Crippen LogP contribution in [-0.4, -0.2) is 10.2 Å². The smallest absolute Gasteiger partial charge is 0.135 e. The van der Waals surface area contributed by atoms with Gasteiger partial charge in [0.15, 0.2) is 0 Å². The molecule has 0 aliphatic carbocycles. The first-order chi connectivity index (χ1) is 9.33. The lowest BCUT2D eigenvalue weighted by molar-refractivity contribution is 0.103. The van der Waals surface area contributed by atoms with E-state index in [-0.39, 0.29) is 11.5 Å². The highest BCUT2D eigenvalue weighted by atomic mass is 16.5. The Hall–Kier alpha value is -2.16. The van der Waals surface area contributed by atoms with Crippen LogP contribution in [0.5, 0.6) is 17.2 Å². The van der Waals surface area contributed by atoms with Crippen molar-refractivity contribution < 1.29 is 14.9 Å². The maximum absolute atomic E-state index is 9.96. The molecule has 2 N–H and O–H groups in total. The van der Waals surface area contributed by atoms with E-state index in [4.69, 9.17) is 4.74 Å². The summed E-state index contributed by atoms with van der Waals surface area (Å²) in [6.07, 6.45) is 0. The highest BCUT2D eigenvalue weighted by molar-refractivity contribution is 5.80. The zero-order chi connectivity index (χ0) is 14.7. The summed E-state index contributed by atoms with van der Waals surface area (Å²) in [6.45, 7) is 7.70. The highest BCUT2D eigenvalue weighted by Gasteiger charge is 2.35. The van der Waals surface area contributed by atoms with Crippen LogP contribution in [0.25, 0.3) is 11.1 Å². The van der Waals surface area contributed by atoms with Crippen molar-refractivity contribution in [2.24, 2.45) is 0 Å². The van der Waals surface area contributed by atoms with Gasteiger partial charge in [0.25, 0.3) is 0 Å². The van der Waals surface area contributed by atoms with Gasteiger partial charge in [0.05, 0.1) is 0 Å². The van der Waals surface area contributed by atoms with Crippen molar-refractivity contribution in [1.29, 1.82) is 0 Å². The molecule has 0 unspecified atom stereocenters. The van der Waals surface area contributed by atoms with Gasteiger partial charge in [0, 0.05) is 16.7 Å². The molecule has 3 nitrogen and oxygen atoms in total. The molecule has 0 saturated heterocycles. The molecular formula is C17H18O3. The molecule has 0 radical (unpaired) electrons. The van der Waals surface area contributed by atoms with Crippen LogP contribution in [0.4, 0.5) is 0 Å². The van der Waals surface area contributed by atoms with Gasteiger partial charge in [-0.25, -0.2) is 0 Å². The largest absolute Gasteiger partial charge is 0.508 e. The fourth-order valence-electron chi connectivity index (χ4n) is 3.03. The first-order valence-electron chi connectivity index (χ1n) is 6.68. The van der Waals surface area contributed by atoms with Crippen molar-refractivity contribution in [3.8, 4) is 28.4 Å². The van der Waals surface area contributed by atoms with Crippen LogP contribution in [0, 0.1) is 13.8 Å². The van der Waals surface area contributed by atoms with Gasteiger partial charge in [-0.1, -0.05) is 6.07 Å². The lowest BCUT2D eigenvalue weighted by Crippen LogP contribution is -2.30. The number of ether oxygens (including phenoxy) is 1. The van der Waals surface area contributed by atoms with E-state index in [1.54, 1.807) is 12.1 Å². The summed E-state index contributed by atoms with van der Waals surface area (Å²) in [5.74, 6) is 1.23. The van der Waals surface area contributed by atoms with E-state index in [2.05, 4.69) is 0 Å². The Balaban J connectivity index is 2.40. The second kappa shape index (κ2) is 3.92. The molecule has 0 atom stereocenters. The third kappa shape index (κ3) is 1.59. The maximum Gasteiger partial charge on any atom is 0.135 e. The Bertz CT molecular complexity index is 715. The molecule has 0 bridgehead atoms. The van der Waals surface area contributed by atoms with Crippen LogP contribution in [0.1, 0.15) is 30.5 Å². The molecule has 0 spiro atoms. The topological polar surface area (TPSA) is 49.7 Å². The third-order valence-corrected chi connectivity index (χ3v) is 4.06. The van der Waals surface area contributed by atoms with Crippen molar-refractivity contribution in [3.05, 3.63) is 41.0 Å². The van der Waals surface area contributed by atoms with Crippen LogP contribution in [0.2, 0.25) is 0 Å². The third-order valence-electron chi connectivity index (χ3n) is 4.06. The predicted molar refractivity (Wildman–Crippen MR) is 78.3 cm³/mol. The van der Waals surface area contributed by atoms with Gasteiger partial charge < -0.3 is 14.9 Å². The van der Waals surface area contributed by atoms with E-state index in [1.807, 2.05) is 39.8 Å². The van der Waals surface area contributed by atoms with Crippen molar-refractivity contribution in [2.45, 2.75) is 33.3 Å². The van der Waals surface area contributed by atoms with Crippen LogP contribution in [-0.2, 0) is 5.60 Å². The van der Waals surface area contributed by atoms with Crippen LogP contribution < -0.4 is 4.74 Å². The summed E-state index contributed by atoms with van der Waals surface area (Å²) in [7, 11) is 0. The molecule has 20 heavy (non-hydrogen) atoms. The zero-order valence-electron chi connectivity index (χ0n) is 12.1. The summed E-state index contributed by atoms with van der Waals surface area (Å²) in [6, 6.07) is 7.17. The Kier molecular flexibility index (Phi) is 2.52. The first kappa shape index (κ1) is 12.9. The van der Waals surface area contributed by atoms with E-state index < -0.39 is 5.60 Å². The van der Waals surface area contributed by atoms with Crippen LogP contribution in [0.15, 0.2) is 24.3 Å². The van der Waals surface area contributed by atoms with E-state index >= 15 is 0 Å². The quantitative estimate of drug-likeness (QED) is 0.760. The maximum atomic E-state index is 9.96. The summed E-state index contributed by atoms with van der Waals surface area (Å²) in [5.41, 5.74) is 4.03. The Morgan fingerprint density at radius 3 is 2.05 bits per heavy atom. The van der Waals surface area contributed by atoms with Gasteiger partial charge in [-0.05, 0) is 57.0 Å². The van der Waals surface area contributed by atoms with Crippen LogP contribution in [0.3, 0.4) is 0 Å². The average molecular weight is 270 g/mol. The molecule has 1 aliphatic rings. The number of phenols is 2. The van der Waals surface area contributed by atoms with Gasteiger partial charge in [-0.2, -0.15) is 0 Å². The highest BCUT2D eigenvalue weighted by Crippen LogP contribution is 2.50. The molecular weight excluding hydrogens is 252 g/mol. The normalized spacial score (nSPS) is 15.2. The minimum atomic E-state index is -0.552. The standard InChI is InChI=1S/C17H18O3/c1-9-13(18)7-5-11-12-6-8-14(19)10(2)16(12)20-17(3,4)15(9)11/h5-8,18-19H,1-4H3. The minimum Gasteiger partial charge on any atom is -0.508 e. The monoisotopic (exact) mass is 270 g/mol. The number of aromatic hydroxyl groups is 2. The van der Waals surface area contributed by atoms with Crippen molar-refractivity contribution in [2.75, 3.05) is 0 Å². The summed E-state index contributed by atoms with van der Waals surface area (Å²) < 4.78 is 6.12. The van der Waals surface area contributed by atoms with E-state index in [0.717, 1.165) is 27.8 Å². The lowest BCUT2D eigenvalue weighted by Gasteiger charge is -2.37. The predicted octanol–water partition coefficient (Wildman–Crippen LogP) is 4.01. The lowest BCUT2D eigenvalue weighted by atomic mass is 9.82. The molecule has 0 aromatic heterocycles. The summed E-state index contributed by atoms with van der Waals surface area (Å²) >= 11 is 0. The number of benzene rings is 2.